The van der Waals surface area contributed by atoms with Gasteiger partial charge in [-0.1, -0.05) is 0 Å². The van der Waals surface area contributed by atoms with Crippen LogP contribution in [-0.2, 0) is 0 Å². The number of aliphatic hydroxyl groups is 1. The SMILES string of the molecule is C[C@@]1(F)CCCN(CCCO)C1. The summed E-state index contributed by atoms with van der Waals surface area (Å²) in [4.78, 5) is 2.10. The van der Waals surface area contributed by atoms with E-state index >= 15 is 0 Å². The maximum absolute atomic E-state index is 13.4. The molecule has 0 bridgehead atoms. The Balaban J connectivity index is 2.26. The lowest BCUT2D eigenvalue weighted by Crippen LogP contribution is -2.43. The van der Waals surface area contributed by atoms with Crippen LogP contribution in [0, 0.1) is 0 Å². The van der Waals surface area contributed by atoms with Gasteiger partial charge < -0.3 is 10.0 Å². The number of piperidine rings is 1. The predicted octanol–water partition coefficient (Wildman–Crippen LogP) is 1.19. The summed E-state index contributed by atoms with van der Waals surface area (Å²) in [5.74, 6) is 0. The number of nitrogens with zero attached hydrogens (tertiary/aromatic N) is 1. The molecule has 1 fully saturated rings. The molecule has 1 N–H and O–H groups in total. The van der Waals surface area contributed by atoms with Crippen molar-refractivity contribution < 1.29 is 9.50 Å². The van der Waals surface area contributed by atoms with Crippen LogP contribution in [0.3, 0.4) is 0 Å². The van der Waals surface area contributed by atoms with E-state index in [4.69, 9.17) is 5.11 Å². The zero-order valence-electron chi connectivity index (χ0n) is 7.72. The van der Waals surface area contributed by atoms with Crippen LogP contribution in [0.15, 0.2) is 0 Å². The molecule has 1 heterocycles. The van der Waals surface area contributed by atoms with Crippen LogP contribution < -0.4 is 0 Å². The number of rotatable bonds is 3. The minimum absolute atomic E-state index is 0.208. The van der Waals surface area contributed by atoms with E-state index in [9.17, 15) is 4.39 Å². The fourth-order valence-electron chi connectivity index (χ4n) is 1.78. The summed E-state index contributed by atoms with van der Waals surface area (Å²) in [6, 6.07) is 0. The Morgan fingerprint density at radius 3 is 2.92 bits per heavy atom. The first-order valence-corrected chi connectivity index (χ1v) is 4.66. The largest absolute Gasteiger partial charge is 0.396 e. The van der Waals surface area contributed by atoms with Crippen molar-refractivity contribution in [3.8, 4) is 0 Å². The van der Waals surface area contributed by atoms with Crippen molar-refractivity contribution in [1.82, 2.24) is 4.90 Å². The first-order valence-electron chi connectivity index (χ1n) is 4.66. The van der Waals surface area contributed by atoms with Crippen molar-refractivity contribution in [2.45, 2.75) is 31.9 Å². The quantitative estimate of drug-likeness (QED) is 0.696. The molecule has 0 aromatic heterocycles. The van der Waals surface area contributed by atoms with Crippen LogP contribution >= 0.6 is 0 Å². The predicted molar refractivity (Wildman–Crippen MR) is 46.9 cm³/mol. The molecule has 0 radical (unpaired) electrons. The molecule has 1 rings (SSSR count). The third-order valence-corrected chi connectivity index (χ3v) is 2.36. The first kappa shape index (κ1) is 9.93. The Bertz CT molecular complexity index is 138. The molecule has 2 nitrogen and oxygen atoms in total. The zero-order chi connectivity index (χ0) is 9.03. The highest BCUT2D eigenvalue weighted by atomic mass is 19.1. The van der Waals surface area contributed by atoms with Crippen molar-refractivity contribution in [1.29, 1.82) is 0 Å². The van der Waals surface area contributed by atoms with Gasteiger partial charge in [-0.05, 0) is 32.7 Å². The zero-order valence-corrected chi connectivity index (χ0v) is 7.72. The summed E-state index contributed by atoms with van der Waals surface area (Å²) in [7, 11) is 0. The van der Waals surface area contributed by atoms with Gasteiger partial charge in [0.15, 0.2) is 0 Å². The molecule has 0 aliphatic carbocycles. The van der Waals surface area contributed by atoms with Crippen LogP contribution in [0.1, 0.15) is 26.2 Å². The van der Waals surface area contributed by atoms with Gasteiger partial charge in [0.1, 0.15) is 5.67 Å². The van der Waals surface area contributed by atoms with E-state index in [0.717, 1.165) is 25.9 Å². The van der Waals surface area contributed by atoms with E-state index in [0.29, 0.717) is 13.0 Å². The average molecular weight is 175 g/mol. The lowest BCUT2D eigenvalue weighted by molar-refractivity contribution is 0.0570. The van der Waals surface area contributed by atoms with Gasteiger partial charge in [0, 0.05) is 19.7 Å². The van der Waals surface area contributed by atoms with Crippen LogP contribution in [0.5, 0.6) is 0 Å². The Labute approximate surface area is 73.4 Å². The molecule has 1 aliphatic rings. The minimum Gasteiger partial charge on any atom is -0.396 e. The molecular formula is C9H18FNO. The second-order valence-electron chi connectivity index (χ2n) is 3.87. The minimum atomic E-state index is -1.01. The molecule has 1 atom stereocenters. The van der Waals surface area contributed by atoms with Crippen molar-refractivity contribution in [3.63, 3.8) is 0 Å². The summed E-state index contributed by atoms with van der Waals surface area (Å²) in [5, 5.41) is 8.61. The highest BCUT2D eigenvalue weighted by Crippen LogP contribution is 2.24. The number of hydrogen-bond acceptors (Lipinski definition) is 2. The van der Waals surface area contributed by atoms with Crippen LogP contribution in [-0.4, -0.2) is 41.9 Å². The van der Waals surface area contributed by atoms with E-state index in [1.807, 2.05) is 0 Å². The van der Waals surface area contributed by atoms with Gasteiger partial charge in [0.2, 0.25) is 0 Å². The lowest BCUT2D eigenvalue weighted by Gasteiger charge is -2.34. The highest BCUT2D eigenvalue weighted by molar-refractivity contribution is 4.83. The first-order chi connectivity index (χ1) is 5.64. The lowest BCUT2D eigenvalue weighted by atomic mass is 9.97. The van der Waals surface area contributed by atoms with E-state index in [2.05, 4.69) is 4.90 Å². The summed E-state index contributed by atoms with van der Waals surface area (Å²) in [6.45, 7) is 4.22. The summed E-state index contributed by atoms with van der Waals surface area (Å²) in [5.41, 5.74) is -1.01. The Kier molecular flexibility index (Phi) is 3.47. The van der Waals surface area contributed by atoms with Crippen LogP contribution in [0.25, 0.3) is 0 Å². The molecule has 0 aromatic carbocycles. The number of halogens is 1. The van der Waals surface area contributed by atoms with Gasteiger partial charge in [0.25, 0.3) is 0 Å². The van der Waals surface area contributed by atoms with Crippen molar-refractivity contribution in [2.75, 3.05) is 26.2 Å². The third kappa shape index (κ3) is 3.07. The van der Waals surface area contributed by atoms with Crippen LogP contribution in [0.2, 0.25) is 0 Å². The number of aliphatic hydroxyl groups excluding tert-OH is 1. The normalized spacial score (nSPS) is 32.2. The van der Waals surface area contributed by atoms with Gasteiger partial charge in [-0.25, -0.2) is 4.39 Å². The average Bonchev–Trinajstić information content (AvgIpc) is 1.99. The number of likely N-dealkylation sites (tertiary alicyclic amines) is 1. The third-order valence-electron chi connectivity index (χ3n) is 2.36. The molecule has 0 saturated carbocycles. The molecule has 0 aromatic rings. The molecule has 0 unspecified atom stereocenters. The Morgan fingerprint density at radius 2 is 2.33 bits per heavy atom. The van der Waals surface area contributed by atoms with E-state index < -0.39 is 5.67 Å². The second kappa shape index (κ2) is 4.19. The van der Waals surface area contributed by atoms with Crippen molar-refractivity contribution >= 4 is 0 Å². The molecule has 3 heteroatoms. The Hall–Kier alpha value is -0.150. The maximum atomic E-state index is 13.4. The van der Waals surface area contributed by atoms with Crippen molar-refractivity contribution in [2.24, 2.45) is 0 Å². The number of alkyl halides is 1. The molecule has 0 amide bonds. The molecule has 12 heavy (non-hydrogen) atoms. The molecular weight excluding hydrogens is 157 g/mol. The summed E-state index contributed by atoms with van der Waals surface area (Å²) >= 11 is 0. The monoisotopic (exact) mass is 175 g/mol. The van der Waals surface area contributed by atoms with E-state index in [-0.39, 0.29) is 6.61 Å². The molecule has 72 valence electrons. The van der Waals surface area contributed by atoms with Gasteiger partial charge in [-0.3, -0.25) is 0 Å². The topological polar surface area (TPSA) is 23.5 Å². The van der Waals surface area contributed by atoms with E-state index in [1.54, 1.807) is 6.92 Å². The van der Waals surface area contributed by atoms with Gasteiger partial charge >= 0.3 is 0 Å². The molecule has 0 spiro atoms. The fraction of sp³-hybridized carbons (Fsp3) is 1.00. The number of hydrogen-bond donors (Lipinski definition) is 1. The Morgan fingerprint density at radius 1 is 1.58 bits per heavy atom. The standard InChI is InChI=1S/C9H18FNO/c1-9(10)4-2-5-11(8-9)6-3-7-12/h12H,2-8H2,1H3/t9-/m1/s1. The van der Waals surface area contributed by atoms with Gasteiger partial charge in [-0.15, -0.1) is 0 Å². The second-order valence-corrected chi connectivity index (χ2v) is 3.87. The molecule has 1 aliphatic heterocycles. The van der Waals surface area contributed by atoms with Crippen molar-refractivity contribution in [3.05, 3.63) is 0 Å². The summed E-state index contributed by atoms with van der Waals surface area (Å²) < 4.78 is 13.4. The van der Waals surface area contributed by atoms with Gasteiger partial charge in [0.05, 0.1) is 0 Å². The van der Waals surface area contributed by atoms with E-state index in [1.165, 1.54) is 0 Å². The fourth-order valence-corrected chi connectivity index (χ4v) is 1.78. The maximum Gasteiger partial charge on any atom is 0.120 e. The summed E-state index contributed by atoms with van der Waals surface area (Å²) in [6.07, 6.45) is 2.39. The highest BCUT2D eigenvalue weighted by Gasteiger charge is 2.29. The molecule has 1 saturated heterocycles. The van der Waals surface area contributed by atoms with Crippen LogP contribution in [0.4, 0.5) is 4.39 Å². The smallest absolute Gasteiger partial charge is 0.120 e. The van der Waals surface area contributed by atoms with Gasteiger partial charge in [-0.2, -0.15) is 0 Å².